The highest BCUT2D eigenvalue weighted by Crippen LogP contribution is 2.35. The molecule has 0 radical (unpaired) electrons. The molecule has 0 saturated carbocycles. The van der Waals surface area contributed by atoms with Crippen molar-refractivity contribution in [1.82, 2.24) is 0 Å². The van der Waals surface area contributed by atoms with Crippen molar-refractivity contribution in [3.05, 3.63) is 59.4 Å². The number of hydrogen-bond donors (Lipinski definition) is 1. The Morgan fingerprint density at radius 3 is 2.74 bits per heavy atom. The molecule has 0 fully saturated rings. The Kier molecular flexibility index (Phi) is 2.71. The lowest BCUT2D eigenvalue weighted by Gasteiger charge is -2.20. The van der Waals surface area contributed by atoms with E-state index in [1.54, 1.807) is 0 Å². The van der Waals surface area contributed by atoms with Crippen molar-refractivity contribution in [2.75, 3.05) is 11.4 Å². The number of fused-ring (bicyclic) bond motifs is 1. The van der Waals surface area contributed by atoms with Crippen LogP contribution in [0.1, 0.15) is 15.9 Å². The van der Waals surface area contributed by atoms with Crippen molar-refractivity contribution in [1.29, 1.82) is 0 Å². The third kappa shape index (κ3) is 1.95. The van der Waals surface area contributed by atoms with Crippen molar-refractivity contribution < 1.29 is 14.3 Å². The van der Waals surface area contributed by atoms with E-state index in [9.17, 15) is 9.18 Å². The first kappa shape index (κ1) is 11.7. The van der Waals surface area contributed by atoms with Crippen LogP contribution in [0.3, 0.4) is 0 Å². The van der Waals surface area contributed by atoms with Gasteiger partial charge in [-0.15, -0.1) is 0 Å². The summed E-state index contributed by atoms with van der Waals surface area (Å²) in [7, 11) is 0. The molecule has 1 aliphatic rings. The van der Waals surface area contributed by atoms with Gasteiger partial charge in [0.1, 0.15) is 5.82 Å². The molecule has 0 unspecified atom stereocenters. The van der Waals surface area contributed by atoms with Crippen LogP contribution in [0.25, 0.3) is 0 Å². The molecule has 0 aliphatic carbocycles. The van der Waals surface area contributed by atoms with Crippen molar-refractivity contribution in [2.45, 2.75) is 6.42 Å². The number of carbonyl (C=O) groups is 1. The van der Waals surface area contributed by atoms with E-state index in [2.05, 4.69) is 0 Å². The van der Waals surface area contributed by atoms with Gasteiger partial charge >= 0.3 is 5.97 Å². The van der Waals surface area contributed by atoms with Gasteiger partial charge in [-0.05, 0) is 36.2 Å². The van der Waals surface area contributed by atoms with Gasteiger partial charge < -0.3 is 10.0 Å². The summed E-state index contributed by atoms with van der Waals surface area (Å²) in [6, 6.07) is 11.7. The van der Waals surface area contributed by atoms with Gasteiger partial charge in [-0.25, -0.2) is 9.18 Å². The zero-order valence-electron chi connectivity index (χ0n) is 10.1. The fourth-order valence-corrected chi connectivity index (χ4v) is 2.44. The highest BCUT2D eigenvalue weighted by Gasteiger charge is 2.23. The molecule has 1 aliphatic heterocycles. The summed E-state index contributed by atoms with van der Waals surface area (Å²) in [6.45, 7) is 0.666. The molecule has 2 aromatic rings. The molecule has 3 rings (SSSR count). The van der Waals surface area contributed by atoms with Crippen LogP contribution in [0, 0.1) is 5.82 Å². The zero-order chi connectivity index (χ0) is 13.4. The van der Waals surface area contributed by atoms with Gasteiger partial charge in [-0.3, -0.25) is 0 Å². The average Bonchev–Trinajstić information content (AvgIpc) is 2.83. The molecular weight excluding hydrogens is 245 g/mol. The summed E-state index contributed by atoms with van der Waals surface area (Å²) in [5.74, 6) is -1.45. The van der Waals surface area contributed by atoms with E-state index in [0.29, 0.717) is 12.2 Å². The summed E-state index contributed by atoms with van der Waals surface area (Å²) >= 11 is 0. The number of nitrogens with zero attached hydrogens (tertiary/aromatic N) is 1. The Morgan fingerprint density at radius 1 is 1.16 bits per heavy atom. The Morgan fingerprint density at radius 2 is 1.95 bits per heavy atom. The Hall–Kier alpha value is -2.36. The molecule has 1 N–H and O–H groups in total. The van der Waals surface area contributed by atoms with Gasteiger partial charge in [-0.2, -0.15) is 0 Å². The van der Waals surface area contributed by atoms with Gasteiger partial charge in [-0.1, -0.05) is 18.2 Å². The third-order valence-corrected chi connectivity index (χ3v) is 3.37. The number of rotatable bonds is 2. The zero-order valence-corrected chi connectivity index (χ0v) is 10.1. The molecule has 0 aromatic heterocycles. The van der Waals surface area contributed by atoms with Crippen molar-refractivity contribution in [2.24, 2.45) is 0 Å². The van der Waals surface area contributed by atoms with Crippen LogP contribution in [0.5, 0.6) is 0 Å². The number of aromatic carboxylic acids is 1. The van der Waals surface area contributed by atoms with Gasteiger partial charge in [0, 0.05) is 12.2 Å². The molecule has 4 heteroatoms. The molecule has 0 bridgehead atoms. The summed E-state index contributed by atoms with van der Waals surface area (Å²) in [6.07, 6.45) is 0.840. The average molecular weight is 257 g/mol. The predicted octanol–water partition coefficient (Wildman–Crippen LogP) is 3.22. The first-order valence-electron chi connectivity index (χ1n) is 6.05. The summed E-state index contributed by atoms with van der Waals surface area (Å²) in [4.78, 5) is 12.8. The van der Waals surface area contributed by atoms with Crippen molar-refractivity contribution in [3.8, 4) is 0 Å². The van der Waals surface area contributed by atoms with Crippen LogP contribution in [0.4, 0.5) is 15.8 Å². The summed E-state index contributed by atoms with van der Waals surface area (Å²) < 4.78 is 13.9. The van der Waals surface area contributed by atoms with Crippen LogP contribution in [0.2, 0.25) is 0 Å². The maximum absolute atomic E-state index is 13.9. The quantitative estimate of drug-likeness (QED) is 0.898. The highest BCUT2D eigenvalue weighted by molar-refractivity contribution is 5.89. The predicted molar refractivity (Wildman–Crippen MR) is 70.5 cm³/mol. The summed E-state index contributed by atoms with van der Waals surface area (Å²) in [5.41, 5.74) is 2.53. The molecule has 3 nitrogen and oxygen atoms in total. The van der Waals surface area contributed by atoms with Crippen LogP contribution < -0.4 is 4.90 Å². The van der Waals surface area contributed by atoms with E-state index < -0.39 is 11.8 Å². The maximum atomic E-state index is 13.9. The van der Waals surface area contributed by atoms with Crippen LogP contribution in [-0.4, -0.2) is 17.6 Å². The second-order valence-electron chi connectivity index (χ2n) is 4.50. The first-order chi connectivity index (χ1) is 9.16. The van der Waals surface area contributed by atoms with E-state index in [-0.39, 0.29) is 5.56 Å². The normalized spacial score (nSPS) is 13.4. The van der Waals surface area contributed by atoms with Gasteiger partial charge in [0.05, 0.1) is 11.3 Å². The Labute approximate surface area is 109 Å². The molecule has 2 aromatic carbocycles. The fourth-order valence-electron chi connectivity index (χ4n) is 2.44. The molecule has 0 spiro atoms. The SMILES string of the molecule is O=C(O)c1ccc(F)c(N2CCc3ccccc32)c1. The Balaban J connectivity index is 2.09. The smallest absolute Gasteiger partial charge is 0.335 e. The van der Waals surface area contributed by atoms with E-state index in [4.69, 9.17) is 5.11 Å². The van der Waals surface area contributed by atoms with E-state index in [0.717, 1.165) is 17.7 Å². The number of carboxylic acid groups (broad SMARTS) is 1. The van der Waals surface area contributed by atoms with E-state index >= 15 is 0 Å². The minimum atomic E-state index is -1.05. The maximum Gasteiger partial charge on any atom is 0.335 e. The molecule has 1 heterocycles. The number of para-hydroxylation sites is 1. The first-order valence-corrected chi connectivity index (χ1v) is 6.05. The molecule has 0 saturated heterocycles. The number of carboxylic acids is 1. The molecule has 0 atom stereocenters. The van der Waals surface area contributed by atoms with E-state index in [1.165, 1.54) is 18.2 Å². The number of anilines is 2. The monoisotopic (exact) mass is 257 g/mol. The van der Waals surface area contributed by atoms with Crippen molar-refractivity contribution in [3.63, 3.8) is 0 Å². The lowest BCUT2D eigenvalue weighted by molar-refractivity contribution is 0.0697. The fraction of sp³-hybridized carbons (Fsp3) is 0.133. The van der Waals surface area contributed by atoms with Crippen LogP contribution in [0.15, 0.2) is 42.5 Å². The minimum absolute atomic E-state index is 0.0979. The second kappa shape index (κ2) is 4.39. The Bertz CT molecular complexity index is 654. The molecule has 96 valence electrons. The highest BCUT2D eigenvalue weighted by atomic mass is 19.1. The molecule has 0 amide bonds. The van der Waals surface area contributed by atoms with Crippen molar-refractivity contribution >= 4 is 17.3 Å². The molecule has 19 heavy (non-hydrogen) atoms. The largest absolute Gasteiger partial charge is 0.478 e. The standard InChI is InChI=1S/C15H12FNO2/c16-12-6-5-11(15(18)19)9-14(12)17-8-7-10-3-1-2-4-13(10)17/h1-6,9H,7-8H2,(H,18,19). The number of halogens is 1. The third-order valence-electron chi connectivity index (χ3n) is 3.37. The topological polar surface area (TPSA) is 40.5 Å². The minimum Gasteiger partial charge on any atom is -0.478 e. The van der Waals surface area contributed by atoms with Gasteiger partial charge in [0.2, 0.25) is 0 Å². The number of benzene rings is 2. The van der Waals surface area contributed by atoms with Gasteiger partial charge in [0.15, 0.2) is 0 Å². The van der Waals surface area contributed by atoms with Crippen LogP contribution in [-0.2, 0) is 6.42 Å². The lowest BCUT2D eigenvalue weighted by atomic mass is 10.1. The lowest BCUT2D eigenvalue weighted by Crippen LogP contribution is -2.15. The van der Waals surface area contributed by atoms with E-state index in [1.807, 2.05) is 29.2 Å². The number of hydrogen-bond acceptors (Lipinski definition) is 2. The van der Waals surface area contributed by atoms with Gasteiger partial charge in [0.25, 0.3) is 0 Å². The summed E-state index contributed by atoms with van der Waals surface area (Å²) in [5, 5.41) is 9.00. The van der Waals surface area contributed by atoms with Crippen LogP contribution >= 0.6 is 0 Å². The second-order valence-corrected chi connectivity index (χ2v) is 4.50. The molecular formula is C15H12FNO2.